The van der Waals surface area contributed by atoms with E-state index in [1.165, 1.54) is 0 Å². The van der Waals surface area contributed by atoms with Gasteiger partial charge in [0.2, 0.25) is 0 Å². The minimum absolute atomic E-state index is 0.0963. The van der Waals surface area contributed by atoms with Crippen LogP contribution in [-0.2, 0) is 16.1 Å². The number of thiazole rings is 1. The minimum Gasteiger partial charge on any atom is -0.481 e. The molecule has 1 aliphatic heterocycles. The third-order valence-corrected chi connectivity index (χ3v) is 5.43. The average Bonchev–Trinajstić information content (AvgIpc) is 3.02. The molecular weight excluding hydrogens is 348 g/mol. The van der Waals surface area contributed by atoms with Crippen LogP contribution < -0.4 is 5.32 Å². The van der Waals surface area contributed by atoms with Crippen molar-refractivity contribution in [1.82, 2.24) is 10.3 Å². The maximum absolute atomic E-state index is 11.2. The summed E-state index contributed by atoms with van der Waals surface area (Å²) in [6.07, 6.45) is 1.49. The van der Waals surface area contributed by atoms with E-state index in [0.717, 1.165) is 16.3 Å². The van der Waals surface area contributed by atoms with Crippen molar-refractivity contribution in [3.8, 4) is 11.3 Å². The molecule has 128 valence electrons. The van der Waals surface area contributed by atoms with E-state index in [9.17, 15) is 9.90 Å². The van der Waals surface area contributed by atoms with Crippen LogP contribution in [0.25, 0.3) is 11.3 Å². The van der Waals surface area contributed by atoms with Gasteiger partial charge in [-0.1, -0.05) is 29.8 Å². The highest BCUT2D eigenvalue weighted by Gasteiger charge is 2.34. The Morgan fingerprint density at radius 2 is 2.12 bits per heavy atom. The van der Waals surface area contributed by atoms with Crippen LogP contribution >= 0.6 is 22.9 Å². The van der Waals surface area contributed by atoms with E-state index < -0.39 is 11.5 Å². The number of aromatic nitrogens is 1. The molecule has 7 heteroatoms. The zero-order chi connectivity index (χ0) is 17.0. The van der Waals surface area contributed by atoms with E-state index in [-0.39, 0.29) is 6.42 Å². The summed E-state index contributed by atoms with van der Waals surface area (Å²) in [5.74, 6) is -0.791. The molecule has 3 rings (SSSR count). The first-order chi connectivity index (χ1) is 11.6. The number of nitrogens with zero attached hydrogens (tertiary/aromatic N) is 1. The van der Waals surface area contributed by atoms with Gasteiger partial charge in [-0.2, -0.15) is 0 Å². The maximum atomic E-state index is 11.2. The second kappa shape index (κ2) is 7.61. The summed E-state index contributed by atoms with van der Waals surface area (Å²) in [6, 6.07) is 7.61. The molecule has 1 aliphatic rings. The second-order valence-corrected chi connectivity index (χ2v) is 7.27. The largest absolute Gasteiger partial charge is 0.481 e. The molecule has 2 N–H and O–H groups in total. The van der Waals surface area contributed by atoms with Crippen LogP contribution in [0.1, 0.15) is 24.3 Å². The van der Waals surface area contributed by atoms with E-state index in [4.69, 9.17) is 16.3 Å². The van der Waals surface area contributed by atoms with Gasteiger partial charge in [-0.25, -0.2) is 4.98 Å². The van der Waals surface area contributed by atoms with Crippen LogP contribution in [0.5, 0.6) is 0 Å². The third kappa shape index (κ3) is 4.13. The van der Waals surface area contributed by atoms with Gasteiger partial charge in [-0.3, -0.25) is 4.79 Å². The Labute approximate surface area is 149 Å². The SMILES string of the molecule is O=C(O)CC1(NCc2nc(-c3ccccc3Cl)cs2)CCOCC1. The minimum atomic E-state index is -0.791. The summed E-state index contributed by atoms with van der Waals surface area (Å²) in [5, 5.41) is 16.2. The van der Waals surface area contributed by atoms with Gasteiger partial charge in [0.1, 0.15) is 5.01 Å². The lowest BCUT2D eigenvalue weighted by Gasteiger charge is -2.36. The van der Waals surface area contributed by atoms with Crippen LogP contribution in [0.15, 0.2) is 29.6 Å². The first kappa shape index (κ1) is 17.4. The quantitative estimate of drug-likeness (QED) is 0.817. The number of carboxylic acids is 1. The molecule has 0 unspecified atom stereocenters. The summed E-state index contributed by atoms with van der Waals surface area (Å²) < 4.78 is 5.37. The maximum Gasteiger partial charge on any atom is 0.305 e. The number of hydrogen-bond donors (Lipinski definition) is 2. The molecule has 1 aromatic heterocycles. The Morgan fingerprint density at radius 1 is 1.38 bits per heavy atom. The molecule has 0 spiro atoms. The van der Waals surface area contributed by atoms with Crippen molar-refractivity contribution in [1.29, 1.82) is 0 Å². The number of ether oxygens (including phenoxy) is 1. The standard InChI is InChI=1S/C17H19ClN2O3S/c18-13-4-2-1-3-12(13)14-11-24-15(20-14)10-19-17(9-16(21)22)5-7-23-8-6-17/h1-4,11,19H,5-10H2,(H,21,22). The molecule has 0 saturated carbocycles. The Kier molecular flexibility index (Phi) is 5.50. The van der Waals surface area contributed by atoms with Crippen LogP contribution in [-0.4, -0.2) is 34.8 Å². The topological polar surface area (TPSA) is 71.5 Å². The number of rotatable bonds is 6. The van der Waals surface area contributed by atoms with Gasteiger partial charge >= 0.3 is 5.97 Å². The van der Waals surface area contributed by atoms with Crippen LogP contribution in [0.4, 0.5) is 0 Å². The van der Waals surface area contributed by atoms with E-state index in [1.54, 1.807) is 11.3 Å². The molecule has 24 heavy (non-hydrogen) atoms. The first-order valence-corrected chi connectivity index (χ1v) is 9.08. The van der Waals surface area contributed by atoms with Gasteiger partial charge in [0.15, 0.2) is 0 Å². The highest BCUT2D eigenvalue weighted by atomic mass is 35.5. The molecule has 1 aromatic carbocycles. The zero-order valence-corrected chi connectivity index (χ0v) is 14.7. The number of halogens is 1. The smallest absolute Gasteiger partial charge is 0.305 e. The zero-order valence-electron chi connectivity index (χ0n) is 13.1. The van der Waals surface area contributed by atoms with Gasteiger partial charge < -0.3 is 15.2 Å². The van der Waals surface area contributed by atoms with Crippen LogP contribution in [0.2, 0.25) is 5.02 Å². The number of nitrogens with one attached hydrogen (secondary N) is 1. The second-order valence-electron chi connectivity index (χ2n) is 5.92. The summed E-state index contributed by atoms with van der Waals surface area (Å²) >= 11 is 7.76. The van der Waals surface area contributed by atoms with Crippen LogP contribution in [0, 0.1) is 0 Å². The molecule has 0 aliphatic carbocycles. The Morgan fingerprint density at radius 3 is 2.83 bits per heavy atom. The molecule has 0 amide bonds. The van der Waals surface area contributed by atoms with Gasteiger partial charge in [0.25, 0.3) is 0 Å². The summed E-state index contributed by atoms with van der Waals surface area (Å²) in [5.41, 5.74) is 1.34. The van der Waals surface area contributed by atoms with Crippen molar-refractivity contribution in [2.75, 3.05) is 13.2 Å². The Bertz CT molecular complexity index is 713. The van der Waals surface area contributed by atoms with Gasteiger partial charge in [0, 0.05) is 41.3 Å². The molecular formula is C17H19ClN2O3S. The number of aliphatic carboxylic acids is 1. The van der Waals surface area contributed by atoms with Crippen molar-refractivity contribution in [2.24, 2.45) is 0 Å². The molecule has 1 fully saturated rings. The van der Waals surface area contributed by atoms with Gasteiger partial charge in [-0.15, -0.1) is 11.3 Å². The fourth-order valence-corrected chi connectivity index (χ4v) is 3.88. The molecule has 2 heterocycles. The van der Waals surface area contributed by atoms with Gasteiger partial charge in [-0.05, 0) is 18.9 Å². The van der Waals surface area contributed by atoms with Gasteiger partial charge in [0.05, 0.1) is 12.1 Å². The fraction of sp³-hybridized carbons (Fsp3) is 0.412. The number of benzene rings is 1. The molecule has 5 nitrogen and oxygen atoms in total. The lowest BCUT2D eigenvalue weighted by atomic mass is 9.86. The predicted molar refractivity (Wildman–Crippen MR) is 94.4 cm³/mol. The van der Waals surface area contributed by atoms with Crippen molar-refractivity contribution in [3.63, 3.8) is 0 Å². The summed E-state index contributed by atoms with van der Waals surface area (Å²) in [6.45, 7) is 1.72. The monoisotopic (exact) mass is 366 g/mol. The van der Waals surface area contributed by atoms with E-state index in [1.807, 2.05) is 29.6 Å². The molecule has 0 atom stereocenters. The Balaban J connectivity index is 1.70. The highest BCUT2D eigenvalue weighted by Crippen LogP contribution is 2.29. The third-order valence-electron chi connectivity index (χ3n) is 4.26. The Hall–Kier alpha value is -1.47. The number of carbonyl (C=O) groups is 1. The van der Waals surface area contributed by atoms with Crippen molar-refractivity contribution < 1.29 is 14.6 Å². The fourth-order valence-electron chi connectivity index (χ4n) is 2.92. The molecule has 1 saturated heterocycles. The highest BCUT2D eigenvalue weighted by molar-refractivity contribution is 7.09. The van der Waals surface area contributed by atoms with E-state index >= 15 is 0 Å². The normalized spacial score (nSPS) is 16.9. The number of carboxylic acid groups (broad SMARTS) is 1. The predicted octanol–water partition coefficient (Wildman–Crippen LogP) is 3.58. The molecule has 2 aromatic rings. The average molecular weight is 367 g/mol. The van der Waals surface area contributed by atoms with E-state index in [0.29, 0.717) is 37.6 Å². The summed E-state index contributed by atoms with van der Waals surface area (Å²) in [4.78, 5) is 15.8. The van der Waals surface area contributed by atoms with Crippen LogP contribution in [0.3, 0.4) is 0 Å². The van der Waals surface area contributed by atoms with Crippen molar-refractivity contribution in [2.45, 2.75) is 31.3 Å². The van der Waals surface area contributed by atoms with Crippen molar-refractivity contribution >= 4 is 28.9 Å². The summed E-state index contributed by atoms with van der Waals surface area (Å²) in [7, 11) is 0. The number of hydrogen-bond acceptors (Lipinski definition) is 5. The molecule has 0 bridgehead atoms. The molecule has 0 radical (unpaired) electrons. The lowest BCUT2D eigenvalue weighted by molar-refractivity contribution is -0.139. The van der Waals surface area contributed by atoms with Crippen molar-refractivity contribution in [3.05, 3.63) is 39.7 Å². The van der Waals surface area contributed by atoms with E-state index in [2.05, 4.69) is 10.3 Å². The first-order valence-electron chi connectivity index (χ1n) is 7.82. The lowest BCUT2D eigenvalue weighted by Crippen LogP contribution is -2.50.